The molecule has 0 aliphatic carbocycles. The highest BCUT2D eigenvalue weighted by atomic mass is 35.5. The highest BCUT2D eigenvalue weighted by molar-refractivity contribution is 6.21. The molecule has 2 atom stereocenters. The highest BCUT2D eigenvalue weighted by Crippen LogP contribution is 2.36. The number of hydrogen-bond donors (Lipinski definition) is 0. The second-order valence-corrected chi connectivity index (χ2v) is 4.96. The maximum absolute atomic E-state index is 13.2. The zero-order valence-electron chi connectivity index (χ0n) is 10.4. The molecule has 0 amide bonds. The molecule has 0 N–H and O–H groups in total. The number of alkyl halides is 1. The molecular weight excluding hydrogens is 286 g/mol. The second kappa shape index (κ2) is 5.29. The lowest BCUT2D eigenvalue weighted by molar-refractivity contribution is 0.0876. The number of hydrogen-bond acceptors (Lipinski definition) is 2. The van der Waals surface area contributed by atoms with Crippen molar-refractivity contribution in [3.63, 3.8) is 0 Å². The van der Waals surface area contributed by atoms with Crippen LogP contribution in [0.25, 0.3) is 0 Å². The van der Waals surface area contributed by atoms with E-state index in [2.05, 4.69) is 0 Å². The van der Waals surface area contributed by atoms with E-state index in [1.54, 1.807) is 12.1 Å². The minimum absolute atomic E-state index is 0.254. The Balaban J connectivity index is 1.82. The van der Waals surface area contributed by atoms with Gasteiger partial charge in [-0.25, -0.2) is 8.78 Å². The number of rotatable bonds is 2. The fraction of sp³-hybridized carbons (Fsp3) is 0.200. The van der Waals surface area contributed by atoms with Crippen molar-refractivity contribution in [3.05, 3.63) is 59.7 Å². The van der Waals surface area contributed by atoms with Gasteiger partial charge in [0.15, 0.2) is 29.2 Å². The Labute approximate surface area is 119 Å². The molecule has 1 heterocycles. The van der Waals surface area contributed by atoms with Crippen molar-refractivity contribution in [1.29, 1.82) is 0 Å². The molecule has 0 saturated heterocycles. The Morgan fingerprint density at radius 1 is 1.05 bits per heavy atom. The largest absolute Gasteiger partial charge is 0.486 e. The van der Waals surface area contributed by atoms with E-state index < -0.39 is 23.1 Å². The SMILES string of the molecule is Fc1ccc(C(Cl)C2COc3ccccc3O2)cc1F. The summed E-state index contributed by atoms with van der Waals surface area (Å²) in [5, 5.41) is -0.626. The van der Waals surface area contributed by atoms with Gasteiger partial charge in [-0.05, 0) is 29.8 Å². The third kappa shape index (κ3) is 2.43. The molecule has 2 aromatic carbocycles. The monoisotopic (exact) mass is 296 g/mol. The van der Waals surface area contributed by atoms with E-state index in [-0.39, 0.29) is 6.61 Å². The van der Waals surface area contributed by atoms with E-state index in [1.807, 2.05) is 12.1 Å². The zero-order valence-corrected chi connectivity index (χ0v) is 11.1. The third-order valence-electron chi connectivity index (χ3n) is 3.12. The average molecular weight is 297 g/mol. The van der Waals surface area contributed by atoms with Crippen molar-refractivity contribution in [2.75, 3.05) is 6.61 Å². The van der Waals surface area contributed by atoms with Crippen LogP contribution in [0.2, 0.25) is 0 Å². The van der Waals surface area contributed by atoms with Crippen LogP contribution in [0, 0.1) is 11.6 Å². The number of fused-ring (bicyclic) bond motifs is 1. The average Bonchev–Trinajstić information content (AvgIpc) is 2.49. The van der Waals surface area contributed by atoms with Gasteiger partial charge in [0.05, 0.1) is 5.38 Å². The first-order valence-corrected chi connectivity index (χ1v) is 6.56. The molecule has 0 aromatic heterocycles. The van der Waals surface area contributed by atoms with E-state index in [4.69, 9.17) is 21.1 Å². The Bertz CT molecular complexity index is 633. The van der Waals surface area contributed by atoms with Crippen molar-refractivity contribution in [2.24, 2.45) is 0 Å². The van der Waals surface area contributed by atoms with Crippen LogP contribution in [0.15, 0.2) is 42.5 Å². The quantitative estimate of drug-likeness (QED) is 0.777. The van der Waals surface area contributed by atoms with E-state index in [1.165, 1.54) is 6.07 Å². The Kier molecular flexibility index (Phi) is 3.49. The fourth-order valence-corrected chi connectivity index (χ4v) is 2.34. The summed E-state index contributed by atoms with van der Waals surface area (Å²) in [6.07, 6.45) is -0.462. The molecule has 1 aliphatic heterocycles. The first-order chi connectivity index (χ1) is 9.65. The van der Waals surface area contributed by atoms with Gasteiger partial charge < -0.3 is 9.47 Å². The number of para-hydroxylation sites is 2. The summed E-state index contributed by atoms with van der Waals surface area (Å²) in [6, 6.07) is 10.8. The lowest BCUT2D eigenvalue weighted by Gasteiger charge is -2.29. The topological polar surface area (TPSA) is 18.5 Å². The summed E-state index contributed by atoms with van der Waals surface area (Å²) in [5.41, 5.74) is 0.457. The van der Waals surface area contributed by atoms with E-state index in [9.17, 15) is 8.78 Å². The maximum Gasteiger partial charge on any atom is 0.161 e. The van der Waals surface area contributed by atoms with Crippen LogP contribution in [0.1, 0.15) is 10.9 Å². The third-order valence-corrected chi connectivity index (χ3v) is 3.65. The van der Waals surface area contributed by atoms with Crippen molar-refractivity contribution in [3.8, 4) is 11.5 Å². The van der Waals surface area contributed by atoms with Crippen LogP contribution in [0.5, 0.6) is 11.5 Å². The lowest BCUT2D eigenvalue weighted by Crippen LogP contribution is -2.32. The molecule has 3 rings (SSSR count). The van der Waals surface area contributed by atoms with Gasteiger partial charge in [0.25, 0.3) is 0 Å². The van der Waals surface area contributed by atoms with E-state index in [0.29, 0.717) is 17.1 Å². The van der Waals surface area contributed by atoms with Crippen LogP contribution in [0.3, 0.4) is 0 Å². The van der Waals surface area contributed by atoms with Gasteiger partial charge in [-0.1, -0.05) is 18.2 Å². The maximum atomic E-state index is 13.2. The number of benzene rings is 2. The summed E-state index contributed by atoms with van der Waals surface area (Å²) in [7, 11) is 0. The number of halogens is 3. The van der Waals surface area contributed by atoms with Gasteiger partial charge in [-0.3, -0.25) is 0 Å². The minimum Gasteiger partial charge on any atom is -0.486 e. The highest BCUT2D eigenvalue weighted by Gasteiger charge is 2.29. The second-order valence-electron chi connectivity index (χ2n) is 4.49. The summed E-state index contributed by atoms with van der Waals surface area (Å²) < 4.78 is 37.5. The summed E-state index contributed by atoms with van der Waals surface area (Å²) >= 11 is 6.28. The minimum atomic E-state index is -0.926. The van der Waals surface area contributed by atoms with Gasteiger partial charge in [0, 0.05) is 0 Å². The molecule has 2 aromatic rings. The molecule has 0 fully saturated rings. The van der Waals surface area contributed by atoms with Crippen LogP contribution in [-0.2, 0) is 0 Å². The van der Waals surface area contributed by atoms with E-state index >= 15 is 0 Å². The summed E-state index contributed by atoms with van der Waals surface area (Å²) in [6.45, 7) is 0.254. The first-order valence-electron chi connectivity index (χ1n) is 6.12. The smallest absolute Gasteiger partial charge is 0.161 e. The predicted octanol–water partition coefficient (Wildman–Crippen LogP) is 4.08. The Morgan fingerprint density at radius 3 is 2.55 bits per heavy atom. The normalized spacial score (nSPS) is 18.6. The summed E-state index contributed by atoms with van der Waals surface area (Å²) in [5.74, 6) is -0.580. The zero-order chi connectivity index (χ0) is 14.1. The van der Waals surface area contributed by atoms with Crippen molar-refractivity contribution in [1.82, 2.24) is 0 Å². The van der Waals surface area contributed by atoms with Crippen LogP contribution in [0.4, 0.5) is 8.78 Å². The number of ether oxygens (including phenoxy) is 2. The fourth-order valence-electron chi connectivity index (χ4n) is 2.08. The van der Waals surface area contributed by atoms with Crippen LogP contribution < -0.4 is 9.47 Å². The molecule has 2 nitrogen and oxygen atoms in total. The first kappa shape index (κ1) is 13.2. The van der Waals surface area contributed by atoms with Crippen molar-refractivity contribution < 1.29 is 18.3 Å². The lowest BCUT2D eigenvalue weighted by atomic mass is 10.1. The molecule has 5 heteroatoms. The molecule has 0 saturated carbocycles. The van der Waals surface area contributed by atoms with E-state index in [0.717, 1.165) is 12.1 Å². The molecule has 2 unspecified atom stereocenters. The van der Waals surface area contributed by atoms with Crippen molar-refractivity contribution >= 4 is 11.6 Å². The predicted molar refractivity (Wildman–Crippen MR) is 71.3 cm³/mol. The van der Waals surface area contributed by atoms with Gasteiger partial charge in [-0.15, -0.1) is 11.6 Å². The van der Waals surface area contributed by atoms with Gasteiger partial charge in [0.2, 0.25) is 0 Å². The molecule has 20 heavy (non-hydrogen) atoms. The standard InChI is InChI=1S/C15H11ClF2O2/c16-15(9-5-6-10(17)11(18)7-9)14-8-19-12-3-1-2-4-13(12)20-14/h1-7,14-15H,8H2. The molecule has 1 aliphatic rings. The molecular formula is C15H11ClF2O2. The van der Waals surface area contributed by atoms with Gasteiger partial charge >= 0.3 is 0 Å². The van der Waals surface area contributed by atoms with Crippen LogP contribution >= 0.6 is 11.6 Å². The summed E-state index contributed by atoms with van der Waals surface area (Å²) in [4.78, 5) is 0. The molecule has 0 bridgehead atoms. The van der Waals surface area contributed by atoms with Gasteiger partial charge in [0.1, 0.15) is 6.61 Å². The Morgan fingerprint density at radius 2 is 1.80 bits per heavy atom. The van der Waals surface area contributed by atoms with Crippen LogP contribution in [-0.4, -0.2) is 12.7 Å². The Hall–Kier alpha value is -1.81. The van der Waals surface area contributed by atoms with Gasteiger partial charge in [-0.2, -0.15) is 0 Å². The molecule has 0 radical (unpaired) electrons. The molecule has 104 valence electrons. The van der Waals surface area contributed by atoms with Crippen molar-refractivity contribution in [2.45, 2.75) is 11.5 Å². The molecule has 0 spiro atoms.